The van der Waals surface area contributed by atoms with Crippen molar-refractivity contribution in [2.75, 3.05) is 6.54 Å². The summed E-state index contributed by atoms with van der Waals surface area (Å²) in [7, 11) is 0. The Balaban J connectivity index is 1.99. The molecule has 1 aromatic rings. The summed E-state index contributed by atoms with van der Waals surface area (Å²) in [5.74, 6) is 0.903. The van der Waals surface area contributed by atoms with E-state index in [4.69, 9.17) is 0 Å². The molecule has 0 saturated carbocycles. The predicted molar refractivity (Wildman–Crippen MR) is 79.8 cm³/mol. The van der Waals surface area contributed by atoms with Gasteiger partial charge in [0, 0.05) is 6.04 Å². The molecule has 2 atom stereocenters. The van der Waals surface area contributed by atoms with Crippen LogP contribution in [0.4, 0.5) is 0 Å². The molecule has 0 aliphatic carbocycles. The van der Waals surface area contributed by atoms with Crippen molar-refractivity contribution in [2.45, 2.75) is 46.1 Å². The predicted octanol–water partition coefficient (Wildman–Crippen LogP) is 4.09. The van der Waals surface area contributed by atoms with Crippen LogP contribution in [-0.2, 0) is 0 Å². The minimum atomic E-state index is 0.560. The molecule has 0 spiro atoms. The van der Waals surface area contributed by atoms with Crippen LogP contribution in [0, 0.1) is 19.8 Å². The SMILES string of the molecule is CCC1CCNC(/C=C/c2ccc(C)c(C)c2)C1. The average molecular weight is 243 g/mol. The molecule has 1 aliphatic rings. The summed E-state index contributed by atoms with van der Waals surface area (Å²) in [6.45, 7) is 7.82. The summed E-state index contributed by atoms with van der Waals surface area (Å²) < 4.78 is 0. The molecular weight excluding hydrogens is 218 g/mol. The van der Waals surface area contributed by atoms with Crippen LogP contribution in [0.25, 0.3) is 6.08 Å². The van der Waals surface area contributed by atoms with Gasteiger partial charge in [0.2, 0.25) is 0 Å². The number of aryl methyl sites for hydroxylation is 2. The highest BCUT2D eigenvalue weighted by molar-refractivity contribution is 5.52. The van der Waals surface area contributed by atoms with Gasteiger partial charge in [-0.25, -0.2) is 0 Å². The number of piperidine rings is 1. The highest BCUT2D eigenvalue weighted by Crippen LogP contribution is 2.20. The van der Waals surface area contributed by atoms with E-state index in [0.717, 1.165) is 5.92 Å². The molecule has 18 heavy (non-hydrogen) atoms. The van der Waals surface area contributed by atoms with Gasteiger partial charge in [-0.15, -0.1) is 0 Å². The summed E-state index contributed by atoms with van der Waals surface area (Å²) in [4.78, 5) is 0. The molecule has 1 fully saturated rings. The van der Waals surface area contributed by atoms with Crippen molar-refractivity contribution in [2.24, 2.45) is 5.92 Å². The van der Waals surface area contributed by atoms with E-state index < -0.39 is 0 Å². The zero-order valence-corrected chi connectivity index (χ0v) is 11.9. The van der Waals surface area contributed by atoms with E-state index >= 15 is 0 Å². The first-order chi connectivity index (χ1) is 8.69. The number of nitrogens with one attached hydrogen (secondary N) is 1. The van der Waals surface area contributed by atoms with E-state index in [1.54, 1.807) is 0 Å². The monoisotopic (exact) mass is 243 g/mol. The molecule has 1 nitrogen and oxygen atoms in total. The van der Waals surface area contributed by atoms with Gasteiger partial charge in [0.25, 0.3) is 0 Å². The molecule has 1 saturated heterocycles. The Labute approximate surface area is 111 Å². The molecule has 1 heterocycles. The van der Waals surface area contributed by atoms with E-state index in [0.29, 0.717) is 6.04 Å². The third-order valence-electron chi connectivity index (χ3n) is 4.18. The van der Waals surface area contributed by atoms with Crippen LogP contribution in [0.3, 0.4) is 0 Å². The maximum atomic E-state index is 3.59. The first-order valence-corrected chi connectivity index (χ1v) is 7.18. The summed E-state index contributed by atoms with van der Waals surface area (Å²) in [6.07, 6.45) is 8.55. The Morgan fingerprint density at radius 2 is 2.11 bits per heavy atom. The summed E-state index contributed by atoms with van der Waals surface area (Å²) in [6, 6.07) is 7.24. The zero-order chi connectivity index (χ0) is 13.0. The molecule has 2 rings (SSSR count). The van der Waals surface area contributed by atoms with Crippen molar-refractivity contribution in [3.63, 3.8) is 0 Å². The molecule has 1 aromatic carbocycles. The van der Waals surface area contributed by atoms with E-state index in [-0.39, 0.29) is 0 Å². The van der Waals surface area contributed by atoms with Crippen LogP contribution in [0.15, 0.2) is 24.3 Å². The largest absolute Gasteiger partial charge is 0.310 e. The Bertz CT molecular complexity index is 420. The van der Waals surface area contributed by atoms with Gasteiger partial charge < -0.3 is 5.32 Å². The van der Waals surface area contributed by atoms with Crippen molar-refractivity contribution in [1.29, 1.82) is 0 Å². The summed E-state index contributed by atoms with van der Waals surface area (Å²) >= 11 is 0. The lowest BCUT2D eigenvalue weighted by molar-refractivity contribution is 0.326. The van der Waals surface area contributed by atoms with Gasteiger partial charge in [-0.2, -0.15) is 0 Å². The number of hydrogen-bond donors (Lipinski definition) is 1. The second-order valence-corrected chi connectivity index (χ2v) is 5.56. The van der Waals surface area contributed by atoms with E-state index in [2.05, 4.69) is 56.4 Å². The fourth-order valence-electron chi connectivity index (χ4n) is 2.65. The second kappa shape index (κ2) is 6.19. The highest BCUT2D eigenvalue weighted by atomic mass is 14.9. The van der Waals surface area contributed by atoms with Crippen LogP contribution in [0.1, 0.15) is 42.9 Å². The van der Waals surface area contributed by atoms with Crippen LogP contribution < -0.4 is 5.32 Å². The quantitative estimate of drug-likeness (QED) is 0.843. The van der Waals surface area contributed by atoms with Gasteiger partial charge in [0.1, 0.15) is 0 Å². The fraction of sp³-hybridized carbons (Fsp3) is 0.529. The Hall–Kier alpha value is -1.08. The molecular formula is C17H25N. The van der Waals surface area contributed by atoms with Gasteiger partial charge in [-0.1, -0.05) is 43.7 Å². The number of rotatable bonds is 3. The van der Waals surface area contributed by atoms with Crippen LogP contribution in [-0.4, -0.2) is 12.6 Å². The lowest BCUT2D eigenvalue weighted by Gasteiger charge is -2.27. The van der Waals surface area contributed by atoms with Crippen molar-refractivity contribution >= 4 is 6.08 Å². The Kier molecular flexibility index (Phi) is 4.60. The molecule has 0 bridgehead atoms. The van der Waals surface area contributed by atoms with E-state index in [1.807, 2.05) is 0 Å². The highest BCUT2D eigenvalue weighted by Gasteiger charge is 2.17. The van der Waals surface area contributed by atoms with Crippen molar-refractivity contribution in [3.8, 4) is 0 Å². The molecule has 1 heteroatoms. The first-order valence-electron chi connectivity index (χ1n) is 7.18. The normalized spacial score (nSPS) is 24.6. The van der Waals surface area contributed by atoms with Crippen LogP contribution in [0.5, 0.6) is 0 Å². The zero-order valence-electron chi connectivity index (χ0n) is 11.9. The lowest BCUT2D eigenvalue weighted by atomic mass is 9.90. The third kappa shape index (κ3) is 3.46. The number of hydrogen-bond acceptors (Lipinski definition) is 1. The first kappa shape index (κ1) is 13.4. The van der Waals surface area contributed by atoms with Crippen molar-refractivity contribution in [3.05, 3.63) is 41.0 Å². The van der Waals surface area contributed by atoms with Crippen molar-refractivity contribution in [1.82, 2.24) is 5.32 Å². The molecule has 1 aliphatic heterocycles. The van der Waals surface area contributed by atoms with E-state index in [1.165, 1.54) is 42.5 Å². The molecule has 98 valence electrons. The maximum absolute atomic E-state index is 3.59. The van der Waals surface area contributed by atoms with Gasteiger partial charge in [-0.05, 0) is 55.8 Å². The topological polar surface area (TPSA) is 12.0 Å². The summed E-state index contributed by atoms with van der Waals surface area (Å²) in [5.41, 5.74) is 4.06. The van der Waals surface area contributed by atoms with Gasteiger partial charge in [-0.3, -0.25) is 0 Å². The number of benzene rings is 1. The van der Waals surface area contributed by atoms with Gasteiger partial charge >= 0.3 is 0 Å². The Morgan fingerprint density at radius 1 is 1.28 bits per heavy atom. The lowest BCUT2D eigenvalue weighted by Crippen LogP contribution is -2.36. The van der Waals surface area contributed by atoms with Crippen LogP contribution >= 0.6 is 0 Å². The fourth-order valence-corrected chi connectivity index (χ4v) is 2.65. The third-order valence-corrected chi connectivity index (χ3v) is 4.18. The van der Waals surface area contributed by atoms with Gasteiger partial charge in [0.05, 0.1) is 0 Å². The maximum Gasteiger partial charge on any atom is 0.0255 e. The molecule has 0 radical (unpaired) electrons. The molecule has 1 N–H and O–H groups in total. The minimum Gasteiger partial charge on any atom is -0.310 e. The van der Waals surface area contributed by atoms with Gasteiger partial charge in [0.15, 0.2) is 0 Å². The van der Waals surface area contributed by atoms with E-state index in [9.17, 15) is 0 Å². The average Bonchev–Trinajstić information content (AvgIpc) is 2.40. The van der Waals surface area contributed by atoms with Crippen LogP contribution in [0.2, 0.25) is 0 Å². The summed E-state index contributed by atoms with van der Waals surface area (Å²) in [5, 5.41) is 3.59. The minimum absolute atomic E-state index is 0.560. The standard InChI is InChI=1S/C17H25N/c1-4-15-9-10-18-17(12-15)8-7-16-6-5-13(2)14(3)11-16/h5-8,11,15,17-18H,4,9-10,12H2,1-3H3/b8-7+. The molecule has 2 unspecified atom stereocenters. The van der Waals surface area contributed by atoms with Crippen molar-refractivity contribution < 1.29 is 0 Å². The Morgan fingerprint density at radius 3 is 2.83 bits per heavy atom. The molecule has 0 aromatic heterocycles. The smallest absolute Gasteiger partial charge is 0.0255 e. The second-order valence-electron chi connectivity index (χ2n) is 5.56. The molecule has 0 amide bonds.